The SMILES string of the molecule is O=C(CNc1ccc(Cl)cc1)NN=Cc1ccc(-c2cccc(C(F)(F)F)c2)o1. The van der Waals surface area contributed by atoms with Crippen LogP contribution in [0, 0.1) is 0 Å². The quantitative estimate of drug-likeness (QED) is 0.425. The van der Waals surface area contributed by atoms with Gasteiger partial charge in [0.1, 0.15) is 11.5 Å². The second-order valence-electron chi connectivity index (χ2n) is 5.93. The molecule has 9 heteroatoms. The average molecular weight is 422 g/mol. The van der Waals surface area contributed by atoms with E-state index in [-0.39, 0.29) is 29.5 Å². The maximum atomic E-state index is 12.8. The highest BCUT2D eigenvalue weighted by atomic mass is 35.5. The third-order valence-electron chi connectivity index (χ3n) is 3.78. The number of amides is 1. The molecule has 0 unspecified atom stereocenters. The number of hydrogen-bond acceptors (Lipinski definition) is 4. The molecule has 0 bridgehead atoms. The van der Waals surface area contributed by atoms with Gasteiger partial charge in [0, 0.05) is 16.3 Å². The number of hydrogen-bond donors (Lipinski definition) is 2. The molecule has 29 heavy (non-hydrogen) atoms. The summed E-state index contributed by atoms with van der Waals surface area (Å²) < 4.78 is 43.9. The summed E-state index contributed by atoms with van der Waals surface area (Å²) in [4.78, 5) is 11.8. The Balaban J connectivity index is 1.55. The largest absolute Gasteiger partial charge is 0.455 e. The standard InChI is InChI=1S/C20H15ClF3N3O2/c21-15-4-6-16(7-5-15)25-12-19(28)27-26-11-17-8-9-18(29-17)13-2-1-3-14(10-13)20(22,23)24/h1-11,25H,12H2,(H,27,28). The van der Waals surface area contributed by atoms with E-state index in [2.05, 4.69) is 15.8 Å². The lowest BCUT2D eigenvalue weighted by atomic mass is 10.1. The van der Waals surface area contributed by atoms with Crippen molar-refractivity contribution in [3.8, 4) is 11.3 Å². The topological polar surface area (TPSA) is 66.6 Å². The molecule has 1 aromatic heterocycles. The van der Waals surface area contributed by atoms with Crippen molar-refractivity contribution in [3.63, 3.8) is 0 Å². The number of nitrogens with zero attached hydrogens (tertiary/aromatic N) is 1. The lowest BCUT2D eigenvalue weighted by Gasteiger charge is -2.07. The number of carbonyl (C=O) groups excluding carboxylic acids is 1. The zero-order chi connectivity index (χ0) is 20.9. The van der Waals surface area contributed by atoms with E-state index in [0.717, 1.165) is 17.8 Å². The third-order valence-corrected chi connectivity index (χ3v) is 4.03. The predicted molar refractivity (Wildman–Crippen MR) is 105 cm³/mol. The first-order valence-corrected chi connectivity index (χ1v) is 8.78. The second kappa shape index (κ2) is 8.83. The summed E-state index contributed by atoms with van der Waals surface area (Å²) in [5, 5.41) is 7.27. The smallest absolute Gasteiger partial charge is 0.416 e. The van der Waals surface area contributed by atoms with Gasteiger partial charge in [-0.2, -0.15) is 18.3 Å². The number of halogens is 4. The Hall–Kier alpha value is -3.26. The maximum absolute atomic E-state index is 12.8. The number of benzene rings is 2. The van der Waals surface area contributed by atoms with Gasteiger partial charge in [-0.15, -0.1) is 0 Å². The Morgan fingerprint density at radius 2 is 1.86 bits per heavy atom. The van der Waals surface area contributed by atoms with Gasteiger partial charge in [0.2, 0.25) is 0 Å². The number of carbonyl (C=O) groups is 1. The van der Waals surface area contributed by atoms with Crippen molar-refractivity contribution in [2.24, 2.45) is 5.10 Å². The van der Waals surface area contributed by atoms with E-state index < -0.39 is 11.7 Å². The molecule has 0 spiro atoms. The first kappa shape index (κ1) is 20.5. The lowest BCUT2D eigenvalue weighted by Crippen LogP contribution is -2.25. The molecule has 0 atom stereocenters. The molecule has 3 aromatic rings. The molecule has 0 saturated carbocycles. The molecule has 150 valence electrons. The summed E-state index contributed by atoms with van der Waals surface area (Å²) in [7, 11) is 0. The van der Waals surface area contributed by atoms with E-state index in [0.29, 0.717) is 5.02 Å². The Morgan fingerprint density at radius 1 is 1.10 bits per heavy atom. The molecule has 2 N–H and O–H groups in total. The molecule has 1 heterocycles. The van der Waals surface area contributed by atoms with Crippen LogP contribution in [0.25, 0.3) is 11.3 Å². The summed E-state index contributed by atoms with van der Waals surface area (Å²) in [6, 6.07) is 14.7. The zero-order valence-corrected chi connectivity index (χ0v) is 15.6. The number of nitrogens with one attached hydrogen (secondary N) is 2. The fourth-order valence-electron chi connectivity index (χ4n) is 2.38. The number of furan rings is 1. The maximum Gasteiger partial charge on any atom is 0.416 e. The van der Waals surface area contributed by atoms with Gasteiger partial charge in [0.25, 0.3) is 5.91 Å². The lowest BCUT2D eigenvalue weighted by molar-refractivity contribution is -0.137. The Bertz CT molecular complexity index is 1010. The van der Waals surface area contributed by atoms with Crippen molar-refractivity contribution in [2.75, 3.05) is 11.9 Å². The number of alkyl halides is 3. The van der Waals surface area contributed by atoms with Crippen molar-refractivity contribution < 1.29 is 22.4 Å². The molecule has 0 aliphatic heterocycles. The molecular weight excluding hydrogens is 407 g/mol. The molecule has 0 aliphatic carbocycles. The monoisotopic (exact) mass is 421 g/mol. The molecule has 0 saturated heterocycles. The normalized spacial score (nSPS) is 11.6. The Morgan fingerprint density at radius 3 is 2.59 bits per heavy atom. The van der Waals surface area contributed by atoms with E-state index in [1.165, 1.54) is 30.5 Å². The number of rotatable bonds is 6. The Labute approximate surface area is 169 Å². The third kappa shape index (κ3) is 5.86. The minimum absolute atomic E-state index is 0.00733. The van der Waals surface area contributed by atoms with Gasteiger partial charge in [-0.3, -0.25) is 4.79 Å². The fraction of sp³-hybridized carbons (Fsp3) is 0.100. The van der Waals surface area contributed by atoms with Crippen molar-refractivity contribution in [2.45, 2.75) is 6.18 Å². The van der Waals surface area contributed by atoms with Crippen LogP contribution in [-0.2, 0) is 11.0 Å². The van der Waals surface area contributed by atoms with Gasteiger partial charge in [0.05, 0.1) is 18.3 Å². The van der Waals surface area contributed by atoms with Crippen LogP contribution in [0.15, 0.2) is 70.2 Å². The number of anilines is 1. The van der Waals surface area contributed by atoms with Gasteiger partial charge in [-0.1, -0.05) is 23.7 Å². The van der Waals surface area contributed by atoms with E-state index in [4.69, 9.17) is 16.0 Å². The number of hydrazone groups is 1. The van der Waals surface area contributed by atoms with Gasteiger partial charge in [-0.25, -0.2) is 5.43 Å². The summed E-state index contributed by atoms with van der Waals surface area (Å²) >= 11 is 5.78. The van der Waals surface area contributed by atoms with Crippen LogP contribution in [-0.4, -0.2) is 18.7 Å². The van der Waals surface area contributed by atoms with E-state index in [1.807, 2.05) is 0 Å². The summed E-state index contributed by atoms with van der Waals surface area (Å²) in [5.41, 5.74) is 2.58. The highest BCUT2D eigenvalue weighted by Crippen LogP contribution is 2.32. The minimum Gasteiger partial charge on any atom is -0.455 e. The van der Waals surface area contributed by atoms with E-state index in [9.17, 15) is 18.0 Å². The van der Waals surface area contributed by atoms with Crippen LogP contribution in [0.3, 0.4) is 0 Å². The zero-order valence-electron chi connectivity index (χ0n) is 14.8. The van der Waals surface area contributed by atoms with E-state index in [1.54, 1.807) is 24.3 Å². The predicted octanol–water partition coefficient (Wildman–Crippen LogP) is 5.18. The van der Waals surface area contributed by atoms with Crippen LogP contribution in [0.5, 0.6) is 0 Å². The van der Waals surface area contributed by atoms with Gasteiger partial charge < -0.3 is 9.73 Å². The van der Waals surface area contributed by atoms with Crippen LogP contribution in [0.2, 0.25) is 5.02 Å². The minimum atomic E-state index is -4.43. The first-order valence-electron chi connectivity index (χ1n) is 8.40. The van der Waals surface area contributed by atoms with Crippen molar-refractivity contribution >= 4 is 29.4 Å². The molecule has 1 amide bonds. The second-order valence-corrected chi connectivity index (χ2v) is 6.37. The molecule has 5 nitrogen and oxygen atoms in total. The van der Waals surface area contributed by atoms with Crippen LogP contribution in [0.4, 0.5) is 18.9 Å². The molecule has 0 fully saturated rings. The van der Waals surface area contributed by atoms with Gasteiger partial charge in [-0.05, 0) is 48.5 Å². The fourth-order valence-corrected chi connectivity index (χ4v) is 2.51. The molecule has 0 aliphatic rings. The van der Waals surface area contributed by atoms with Crippen LogP contribution in [0.1, 0.15) is 11.3 Å². The highest BCUT2D eigenvalue weighted by Gasteiger charge is 2.30. The van der Waals surface area contributed by atoms with Gasteiger partial charge in [0.15, 0.2) is 0 Å². The first-order chi connectivity index (χ1) is 13.8. The summed E-state index contributed by atoms with van der Waals surface area (Å²) in [5.74, 6) is 0.150. The average Bonchev–Trinajstić information content (AvgIpc) is 3.16. The van der Waals surface area contributed by atoms with E-state index >= 15 is 0 Å². The molecule has 2 aromatic carbocycles. The Kier molecular flexibility index (Phi) is 6.23. The molecule has 0 radical (unpaired) electrons. The molecular formula is C20H15ClF3N3O2. The molecule has 3 rings (SSSR count). The van der Waals surface area contributed by atoms with Crippen molar-refractivity contribution in [3.05, 3.63) is 77.0 Å². The summed E-state index contributed by atoms with van der Waals surface area (Å²) in [6.45, 7) is -0.00733. The van der Waals surface area contributed by atoms with Crippen LogP contribution < -0.4 is 10.7 Å². The van der Waals surface area contributed by atoms with Crippen LogP contribution >= 0.6 is 11.6 Å². The summed E-state index contributed by atoms with van der Waals surface area (Å²) in [6.07, 6.45) is -3.17. The van der Waals surface area contributed by atoms with Gasteiger partial charge >= 0.3 is 6.18 Å². The van der Waals surface area contributed by atoms with Crippen molar-refractivity contribution in [1.82, 2.24) is 5.43 Å². The highest BCUT2D eigenvalue weighted by molar-refractivity contribution is 6.30. The van der Waals surface area contributed by atoms with Crippen molar-refractivity contribution in [1.29, 1.82) is 0 Å².